The first-order valence-corrected chi connectivity index (χ1v) is 8.57. The smallest absolute Gasteiger partial charge is 0.264 e. The van der Waals surface area contributed by atoms with Crippen LogP contribution in [0.2, 0.25) is 0 Å². The number of hydrogen-bond donors (Lipinski definition) is 0. The number of carbonyl (C=O) groups excluding carboxylic acids is 1. The molecule has 2 rings (SSSR count). The minimum atomic E-state index is 0.0599. The van der Waals surface area contributed by atoms with Crippen LogP contribution in [0.3, 0.4) is 0 Å². The van der Waals surface area contributed by atoms with Gasteiger partial charge >= 0.3 is 0 Å². The van der Waals surface area contributed by atoms with Gasteiger partial charge in [-0.05, 0) is 52.0 Å². The average Bonchev–Trinajstić information content (AvgIpc) is 2.85. The first kappa shape index (κ1) is 14.6. The molecular formula is C14H14BrNOS2. The number of amides is 1. The second-order valence-electron chi connectivity index (χ2n) is 4.11. The van der Waals surface area contributed by atoms with Gasteiger partial charge in [-0.15, -0.1) is 23.1 Å². The van der Waals surface area contributed by atoms with Gasteiger partial charge in [0, 0.05) is 18.5 Å². The topological polar surface area (TPSA) is 20.3 Å². The molecule has 5 heteroatoms. The lowest BCUT2D eigenvalue weighted by Crippen LogP contribution is -2.25. The van der Waals surface area contributed by atoms with Gasteiger partial charge < -0.3 is 4.90 Å². The summed E-state index contributed by atoms with van der Waals surface area (Å²) < 4.78 is 0.980. The number of thioether (sulfide) groups is 1. The van der Waals surface area contributed by atoms with Crippen LogP contribution in [-0.4, -0.2) is 24.1 Å². The second-order valence-corrected chi connectivity index (χ2v) is 7.46. The minimum absolute atomic E-state index is 0.0599. The van der Waals surface area contributed by atoms with Gasteiger partial charge in [0.05, 0.1) is 8.66 Å². The molecule has 100 valence electrons. The predicted octanol–water partition coefficient (Wildman–Crippen LogP) is 4.50. The van der Waals surface area contributed by atoms with E-state index in [0.29, 0.717) is 6.54 Å². The number of thiophene rings is 1. The number of rotatable bonds is 4. The Kier molecular flexibility index (Phi) is 5.07. The van der Waals surface area contributed by atoms with Crippen molar-refractivity contribution in [2.75, 3.05) is 13.3 Å². The van der Waals surface area contributed by atoms with Crippen molar-refractivity contribution < 1.29 is 4.79 Å². The van der Waals surface area contributed by atoms with E-state index >= 15 is 0 Å². The number of nitrogens with zero attached hydrogens (tertiary/aromatic N) is 1. The Morgan fingerprint density at radius 1 is 1.26 bits per heavy atom. The highest BCUT2D eigenvalue weighted by Gasteiger charge is 2.13. The van der Waals surface area contributed by atoms with Crippen LogP contribution in [0.1, 0.15) is 15.2 Å². The first-order chi connectivity index (χ1) is 9.10. The van der Waals surface area contributed by atoms with Crippen molar-refractivity contribution in [1.82, 2.24) is 4.90 Å². The summed E-state index contributed by atoms with van der Waals surface area (Å²) in [4.78, 5) is 15.9. The van der Waals surface area contributed by atoms with Gasteiger partial charge in [0.25, 0.3) is 5.91 Å². The molecule has 0 radical (unpaired) electrons. The molecule has 0 saturated heterocycles. The third kappa shape index (κ3) is 3.84. The maximum Gasteiger partial charge on any atom is 0.264 e. The van der Waals surface area contributed by atoms with Gasteiger partial charge in [0.15, 0.2) is 0 Å². The van der Waals surface area contributed by atoms with E-state index in [0.717, 1.165) is 14.2 Å². The van der Waals surface area contributed by atoms with Crippen LogP contribution in [-0.2, 0) is 6.54 Å². The summed E-state index contributed by atoms with van der Waals surface area (Å²) in [5.41, 5.74) is 1.14. The standard InChI is InChI=1S/C14H14BrNOS2/c1-16(14(17)12-7-8-13(15)19-12)9-10-3-5-11(18-2)6-4-10/h3-8H,9H2,1-2H3. The highest BCUT2D eigenvalue weighted by molar-refractivity contribution is 9.11. The average molecular weight is 356 g/mol. The fraction of sp³-hybridized carbons (Fsp3) is 0.214. The van der Waals surface area contributed by atoms with Crippen LogP contribution in [0.5, 0.6) is 0 Å². The number of carbonyl (C=O) groups is 1. The molecule has 0 fully saturated rings. The van der Waals surface area contributed by atoms with Crippen molar-refractivity contribution in [2.24, 2.45) is 0 Å². The fourth-order valence-corrected chi connectivity index (χ4v) is 3.48. The molecule has 0 saturated carbocycles. The van der Waals surface area contributed by atoms with Gasteiger partial charge in [-0.1, -0.05) is 12.1 Å². The van der Waals surface area contributed by atoms with Crippen molar-refractivity contribution in [3.63, 3.8) is 0 Å². The zero-order valence-corrected chi connectivity index (χ0v) is 13.9. The van der Waals surface area contributed by atoms with E-state index in [1.165, 1.54) is 16.2 Å². The lowest BCUT2D eigenvalue weighted by Gasteiger charge is -2.16. The third-order valence-corrected chi connectivity index (χ3v) is 5.06. The van der Waals surface area contributed by atoms with Gasteiger partial charge in [-0.2, -0.15) is 0 Å². The summed E-state index contributed by atoms with van der Waals surface area (Å²) in [6, 6.07) is 12.1. The summed E-state index contributed by atoms with van der Waals surface area (Å²) in [5, 5.41) is 0. The zero-order chi connectivity index (χ0) is 13.8. The molecule has 1 aromatic carbocycles. The van der Waals surface area contributed by atoms with E-state index in [1.54, 1.807) is 16.7 Å². The van der Waals surface area contributed by atoms with Crippen molar-refractivity contribution in [1.29, 1.82) is 0 Å². The lowest BCUT2D eigenvalue weighted by molar-refractivity contribution is 0.0790. The summed E-state index contributed by atoms with van der Waals surface area (Å²) in [5.74, 6) is 0.0599. The Labute approximate surface area is 130 Å². The maximum absolute atomic E-state index is 12.2. The second kappa shape index (κ2) is 6.59. The van der Waals surface area contributed by atoms with Crippen molar-refractivity contribution >= 4 is 44.9 Å². The summed E-state index contributed by atoms with van der Waals surface area (Å²) >= 11 is 6.56. The van der Waals surface area contributed by atoms with Gasteiger partial charge in [-0.3, -0.25) is 4.79 Å². The lowest BCUT2D eigenvalue weighted by atomic mass is 10.2. The summed E-state index contributed by atoms with van der Waals surface area (Å²) in [7, 11) is 1.83. The van der Waals surface area contributed by atoms with Gasteiger partial charge in [0.1, 0.15) is 0 Å². The monoisotopic (exact) mass is 355 g/mol. The number of halogens is 1. The molecule has 0 aliphatic heterocycles. The molecule has 1 amide bonds. The molecule has 1 aromatic heterocycles. The largest absolute Gasteiger partial charge is 0.337 e. The molecular weight excluding hydrogens is 342 g/mol. The number of hydrogen-bond acceptors (Lipinski definition) is 3. The molecule has 0 spiro atoms. The van der Waals surface area contributed by atoms with E-state index in [4.69, 9.17) is 0 Å². The minimum Gasteiger partial charge on any atom is -0.337 e. The van der Waals surface area contributed by atoms with Crippen LogP contribution in [0, 0.1) is 0 Å². The maximum atomic E-state index is 12.2. The normalized spacial score (nSPS) is 10.5. The van der Waals surface area contributed by atoms with E-state index in [-0.39, 0.29) is 5.91 Å². The molecule has 19 heavy (non-hydrogen) atoms. The van der Waals surface area contributed by atoms with Crippen LogP contribution in [0.4, 0.5) is 0 Å². The summed E-state index contributed by atoms with van der Waals surface area (Å²) in [6.45, 7) is 0.628. The highest BCUT2D eigenvalue weighted by Crippen LogP contribution is 2.23. The quantitative estimate of drug-likeness (QED) is 0.752. The molecule has 0 aliphatic carbocycles. The van der Waals surface area contributed by atoms with Gasteiger partial charge in [0.2, 0.25) is 0 Å². The van der Waals surface area contributed by atoms with Crippen molar-refractivity contribution in [3.8, 4) is 0 Å². The fourth-order valence-electron chi connectivity index (χ4n) is 1.69. The Hall–Kier alpha value is -0.780. The van der Waals surface area contributed by atoms with Crippen molar-refractivity contribution in [2.45, 2.75) is 11.4 Å². The molecule has 2 aromatic rings. The Morgan fingerprint density at radius 3 is 2.47 bits per heavy atom. The molecule has 0 atom stereocenters. The SMILES string of the molecule is CSc1ccc(CN(C)C(=O)c2ccc(Br)s2)cc1. The highest BCUT2D eigenvalue weighted by atomic mass is 79.9. The van der Waals surface area contributed by atoms with E-state index in [2.05, 4.69) is 46.5 Å². The Balaban J connectivity index is 2.03. The molecule has 0 unspecified atom stereocenters. The third-order valence-electron chi connectivity index (χ3n) is 2.71. The van der Waals surface area contributed by atoms with E-state index < -0.39 is 0 Å². The molecule has 0 N–H and O–H groups in total. The molecule has 0 aliphatic rings. The van der Waals surface area contributed by atoms with Crippen LogP contribution in [0.25, 0.3) is 0 Å². The predicted molar refractivity (Wildman–Crippen MR) is 86.0 cm³/mol. The van der Waals surface area contributed by atoms with Crippen LogP contribution in [0.15, 0.2) is 45.1 Å². The van der Waals surface area contributed by atoms with Crippen LogP contribution < -0.4 is 0 Å². The summed E-state index contributed by atoms with van der Waals surface area (Å²) in [6.07, 6.45) is 2.05. The van der Waals surface area contributed by atoms with Crippen molar-refractivity contribution in [3.05, 3.63) is 50.6 Å². The Bertz CT molecular complexity index is 565. The molecule has 2 nitrogen and oxygen atoms in total. The Morgan fingerprint density at radius 2 is 1.95 bits per heavy atom. The number of benzene rings is 1. The first-order valence-electron chi connectivity index (χ1n) is 5.74. The molecule has 0 bridgehead atoms. The van der Waals surface area contributed by atoms with E-state index in [9.17, 15) is 4.79 Å². The van der Waals surface area contributed by atoms with E-state index in [1.807, 2.05) is 19.2 Å². The van der Waals surface area contributed by atoms with Gasteiger partial charge in [-0.25, -0.2) is 0 Å². The van der Waals surface area contributed by atoms with Crippen LogP contribution >= 0.6 is 39.0 Å². The molecule has 1 heterocycles. The zero-order valence-electron chi connectivity index (χ0n) is 10.7.